The second kappa shape index (κ2) is 12.9. The van der Waals surface area contributed by atoms with Crippen molar-refractivity contribution < 1.29 is 23.5 Å². The van der Waals surface area contributed by atoms with Gasteiger partial charge < -0.3 is 29.0 Å². The Morgan fingerprint density at radius 3 is 2.17 bits per heavy atom. The molecular formula is C32H41N3O5. The van der Waals surface area contributed by atoms with Gasteiger partial charge in [0.1, 0.15) is 12.3 Å². The molecule has 2 heterocycles. The van der Waals surface area contributed by atoms with Gasteiger partial charge in [0.2, 0.25) is 12.7 Å². The Kier molecular flexibility index (Phi) is 9.40. The minimum absolute atomic E-state index is 0.0594. The average Bonchev–Trinajstić information content (AvgIpc) is 3.59. The zero-order chi connectivity index (χ0) is 28.8. The molecule has 0 radical (unpaired) electrons. The molecule has 0 saturated heterocycles. The first-order valence-electron chi connectivity index (χ1n) is 14.0. The van der Waals surface area contributed by atoms with Crippen LogP contribution in [0.1, 0.15) is 75.8 Å². The molecule has 3 aromatic rings. The Hall–Kier alpha value is -3.94. The highest BCUT2D eigenvalue weighted by Crippen LogP contribution is 2.34. The van der Waals surface area contributed by atoms with Gasteiger partial charge in [-0.15, -0.1) is 0 Å². The van der Waals surface area contributed by atoms with E-state index in [-0.39, 0.29) is 49.6 Å². The van der Waals surface area contributed by atoms with Gasteiger partial charge in [0.05, 0.1) is 12.8 Å². The molecule has 8 heteroatoms. The van der Waals surface area contributed by atoms with E-state index in [2.05, 4.69) is 45.1 Å². The highest BCUT2D eigenvalue weighted by atomic mass is 16.7. The minimum Gasteiger partial charge on any atom is -0.467 e. The minimum atomic E-state index is -0.280. The smallest absolute Gasteiger partial charge is 0.322 e. The van der Waals surface area contributed by atoms with Crippen LogP contribution in [-0.4, -0.2) is 41.6 Å². The fourth-order valence-electron chi connectivity index (χ4n) is 4.89. The monoisotopic (exact) mass is 547 g/mol. The molecular weight excluding hydrogens is 506 g/mol. The lowest BCUT2D eigenvalue weighted by molar-refractivity contribution is -0.133. The van der Waals surface area contributed by atoms with Crippen molar-refractivity contribution in [1.82, 2.24) is 9.80 Å². The van der Waals surface area contributed by atoms with E-state index in [9.17, 15) is 9.59 Å². The summed E-state index contributed by atoms with van der Waals surface area (Å²) in [6.45, 7) is 13.7. The molecule has 214 valence electrons. The molecule has 0 aliphatic carbocycles. The zero-order valence-electron chi connectivity index (χ0n) is 24.4. The van der Waals surface area contributed by atoms with E-state index in [1.165, 1.54) is 0 Å². The molecule has 8 nitrogen and oxygen atoms in total. The Morgan fingerprint density at radius 2 is 1.55 bits per heavy atom. The number of fused-ring (bicyclic) bond motifs is 1. The molecule has 1 N–H and O–H groups in total. The van der Waals surface area contributed by atoms with Crippen molar-refractivity contribution in [1.29, 1.82) is 0 Å². The SMILES string of the molecule is CC(C)CN(CC(=O)N(Cc1ccc2c(c1)OCO2)Cc1ccco1)C(=O)Nc1c(C(C)C)cccc1C(C)C. The third kappa shape index (κ3) is 7.17. The molecule has 1 aliphatic heterocycles. The molecule has 2 aromatic carbocycles. The van der Waals surface area contributed by atoms with E-state index in [0.29, 0.717) is 30.3 Å². The van der Waals surface area contributed by atoms with E-state index in [4.69, 9.17) is 13.9 Å². The van der Waals surface area contributed by atoms with Crippen molar-refractivity contribution in [3.8, 4) is 11.5 Å². The molecule has 0 atom stereocenters. The second-order valence-electron chi connectivity index (χ2n) is 11.3. The molecule has 0 bridgehead atoms. The van der Waals surface area contributed by atoms with Crippen molar-refractivity contribution >= 4 is 17.6 Å². The van der Waals surface area contributed by atoms with Gasteiger partial charge in [0.25, 0.3) is 0 Å². The van der Waals surface area contributed by atoms with Crippen LogP contribution in [0.15, 0.2) is 59.2 Å². The van der Waals surface area contributed by atoms with Gasteiger partial charge >= 0.3 is 6.03 Å². The number of carbonyl (C=O) groups is 2. The molecule has 4 rings (SSSR count). The second-order valence-corrected chi connectivity index (χ2v) is 11.3. The Bertz CT molecular complexity index is 1270. The van der Waals surface area contributed by atoms with Gasteiger partial charge in [-0.2, -0.15) is 0 Å². The van der Waals surface area contributed by atoms with Crippen molar-refractivity contribution in [3.05, 3.63) is 77.2 Å². The maximum absolute atomic E-state index is 13.8. The number of benzene rings is 2. The van der Waals surface area contributed by atoms with Gasteiger partial charge in [-0.05, 0) is 58.7 Å². The zero-order valence-corrected chi connectivity index (χ0v) is 24.4. The molecule has 3 amide bonds. The van der Waals surface area contributed by atoms with Crippen LogP contribution in [0.5, 0.6) is 11.5 Å². The third-order valence-electron chi connectivity index (χ3n) is 6.89. The summed E-state index contributed by atoms with van der Waals surface area (Å²) in [6.07, 6.45) is 1.59. The molecule has 0 spiro atoms. The number of hydrogen-bond acceptors (Lipinski definition) is 5. The predicted octanol–water partition coefficient (Wildman–Crippen LogP) is 6.97. The van der Waals surface area contributed by atoms with Crippen molar-refractivity contribution in [3.63, 3.8) is 0 Å². The summed E-state index contributed by atoms with van der Waals surface area (Å²) in [5, 5.41) is 3.18. The van der Waals surface area contributed by atoms with Gasteiger partial charge in [-0.3, -0.25) is 4.79 Å². The normalized spacial score (nSPS) is 12.3. The molecule has 0 unspecified atom stereocenters. The maximum atomic E-state index is 13.8. The highest BCUT2D eigenvalue weighted by molar-refractivity contribution is 5.94. The molecule has 1 aliphatic rings. The van der Waals surface area contributed by atoms with Crippen LogP contribution in [0.2, 0.25) is 0 Å². The lowest BCUT2D eigenvalue weighted by atomic mass is 9.93. The lowest BCUT2D eigenvalue weighted by Crippen LogP contribution is -2.45. The standard InChI is InChI=1S/C32H41N3O5/c1-21(2)16-35(32(37)33-31-26(22(3)4)10-7-11-27(31)23(5)6)19-30(36)34(18-25-9-8-14-38-25)17-24-12-13-28-29(15-24)40-20-39-28/h7-15,21-23H,16-20H2,1-6H3,(H,33,37). The number of furan rings is 1. The van der Waals surface area contributed by atoms with Crippen LogP contribution in [0.25, 0.3) is 0 Å². The van der Waals surface area contributed by atoms with Crippen molar-refractivity contribution in [2.75, 3.05) is 25.2 Å². The lowest BCUT2D eigenvalue weighted by Gasteiger charge is -2.30. The Labute approximate surface area is 237 Å². The van der Waals surface area contributed by atoms with Crippen LogP contribution >= 0.6 is 0 Å². The number of carbonyl (C=O) groups excluding carboxylic acids is 2. The quantitative estimate of drug-likeness (QED) is 0.280. The van der Waals surface area contributed by atoms with E-state index in [1.807, 2.05) is 44.2 Å². The summed E-state index contributed by atoms with van der Waals surface area (Å²) < 4.78 is 16.5. The number of anilines is 1. The van der Waals surface area contributed by atoms with Crippen LogP contribution < -0.4 is 14.8 Å². The van der Waals surface area contributed by atoms with Crippen molar-refractivity contribution in [2.24, 2.45) is 5.92 Å². The molecule has 40 heavy (non-hydrogen) atoms. The number of para-hydroxylation sites is 1. The average molecular weight is 548 g/mol. The number of urea groups is 1. The van der Waals surface area contributed by atoms with Crippen LogP contribution in [0.3, 0.4) is 0 Å². The summed E-state index contributed by atoms with van der Waals surface area (Å²) in [6, 6.07) is 15.2. The fourth-order valence-corrected chi connectivity index (χ4v) is 4.89. The number of ether oxygens (including phenoxy) is 2. The Morgan fingerprint density at radius 1 is 0.850 bits per heavy atom. The van der Waals surface area contributed by atoms with E-state index in [0.717, 1.165) is 22.4 Å². The largest absolute Gasteiger partial charge is 0.467 e. The molecule has 0 fully saturated rings. The van der Waals surface area contributed by atoms with Crippen LogP contribution in [0, 0.1) is 5.92 Å². The van der Waals surface area contributed by atoms with Gasteiger partial charge in [-0.1, -0.05) is 65.8 Å². The number of hydrogen-bond donors (Lipinski definition) is 1. The fraction of sp³-hybridized carbons (Fsp3) is 0.438. The van der Waals surface area contributed by atoms with Crippen molar-refractivity contribution in [2.45, 2.75) is 66.5 Å². The van der Waals surface area contributed by atoms with E-state index >= 15 is 0 Å². The highest BCUT2D eigenvalue weighted by Gasteiger charge is 2.26. The first-order chi connectivity index (χ1) is 19.1. The number of rotatable bonds is 11. The summed E-state index contributed by atoms with van der Waals surface area (Å²) in [7, 11) is 0. The molecule has 1 aromatic heterocycles. The van der Waals surface area contributed by atoms with Crippen LogP contribution in [-0.2, 0) is 17.9 Å². The maximum Gasteiger partial charge on any atom is 0.322 e. The van der Waals surface area contributed by atoms with Gasteiger partial charge in [0, 0.05) is 18.8 Å². The molecule has 0 saturated carbocycles. The first-order valence-corrected chi connectivity index (χ1v) is 14.0. The number of nitrogens with zero attached hydrogens (tertiary/aromatic N) is 2. The van der Waals surface area contributed by atoms with E-state index < -0.39 is 0 Å². The summed E-state index contributed by atoms with van der Waals surface area (Å²) in [4.78, 5) is 30.9. The van der Waals surface area contributed by atoms with Crippen LogP contribution in [0.4, 0.5) is 10.5 Å². The summed E-state index contributed by atoms with van der Waals surface area (Å²) in [5.74, 6) is 2.49. The van der Waals surface area contributed by atoms with Gasteiger partial charge in [-0.25, -0.2) is 4.79 Å². The van der Waals surface area contributed by atoms with Gasteiger partial charge in [0.15, 0.2) is 11.5 Å². The van der Waals surface area contributed by atoms with E-state index in [1.54, 1.807) is 22.1 Å². The topological polar surface area (TPSA) is 84.2 Å². The Balaban J connectivity index is 1.57. The summed E-state index contributed by atoms with van der Waals surface area (Å²) in [5.41, 5.74) is 3.90. The number of amides is 3. The first kappa shape index (κ1) is 29.1. The predicted molar refractivity (Wildman–Crippen MR) is 156 cm³/mol. The third-order valence-corrected chi connectivity index (χ3v) is 6.89. The number of nitrogens with one attached hydrogen (secondary N) is 1. The summed E-state index contributed by atoms with van der Waals surface area (Å²) >= 11 is 0.